The van der Waals surface area contributed by atoms with Gasteiger partial charge in [0.05, 0.1) is 0 Å². The summed E-state index contributed by atoms with van der Waals surface area (Å²) < 4.78 is 5.18. The van der Waals surface area contributed by atoms with E-state index < -0.39 is 13.3 Å². The average Bonchev–Trinajstić information content (AvgIpc) is 3.01. The van der Waals surface area contributed by atoms with Gasteiger partial charge in [-0.25, -0.2) is 4.79 Å². The first-order chi connectivity index (χ1) is 21.0. The molecule has 1 atom stereocenters. The van der Waals surface area contributed by atoms with Gasteiger partial charge in [-0.15, -0.1) is 0 Å². The number of nitrogens with two attached hydrogens (primary N) is 1. The van der Waals surface area contributed by atoms with Gasteiger partial charge in [-0.1, -0.05) is 13.3 Å². The topological polar surface area (TPSA) is 64.4 Å². The molecule has 1 unspecified atom stereocenters. The zero-order valence-electron chi connectivity index (χ0n) is 30.1. The maximum absolute atomic E-state index is 10.3. The second-order valence-electron chi connectivity index (χ2n) is 13.9. The molecule has 1 saturated heterocycles. The van der Waals surface area contributed by atoms with Crippen molar-refractivity contribution in [3.63, 3.8) is 0 Å². The number of hydrogen-bond donors (Lipinski definition) is 2. The van der Waals surface area contributed by atoms with Gasteiger partial charge in [0.15, 0.2) is 0 Å². The van der Waals surface area contributed by atoms with Gasteiger partial charge in [-0.3, -0.25) is 0 Å². The van der Waals surface area contributed by atoms with Gasteiger partial charge < -0.3 is 15.8 Å². The molecule has 0 aromatic carbocycles. The summed E-state index contributed by atoms with van der Waals surface area (Å²) in [6, 6.07) is -0.507. The predicted octanol–water partition coefficient (Wildman–Crippen LogP) is 12.4. The predicted molar refractivity (Wildman–Crippen MR) is 198 cm³/mol. The van der Waals surface area contributed by atoms with E-state index in [0.717, 1.165) is 25.9 Å². The van der Waals surface area contributed by atoms with Crippen molar-refractivity contribution in [1.82, 2.24) is 5.32 Å². The molecule has 260 valence electrons. The second kappa shape index (κ2) is 33.0. The number of ether oxygens (including phenoxy) is 1. The van der Waals surface area contributed by atoms with Crippen LogP contribution in [0, 0.1) is 0 Å². The molecule has 0 aromatic heterocycles. The number of hydrogen-bond acceptors (Lipinski definition) is 2. The van der Waals surface area contributed by atoms with E-state index in [1.807, 2.05) is 0 Å². The summed E-state index contributed by atoms with van der Waals surface area (Å²) in [6.07, 6.45) is 45.2. The third-order valence-corrected chi connectivity index (χ3v) is 15.4. The Morgan fingerprint density at radius 1 is 0.558 bits per heavy atom. The molecule has 3 N–H and O–H groups in total. The Hall–Kier alpha value is -0.340. The molecule has 0 saturated carbocycles. The first-order valence-electron chi connectivity index (χ1n) is 19.7. The van der Waals surface area contributed by atoms with E-state index in [4.69, 9.17) is 10.5 Å². The quantitative estimate of drug-likeness (QED) is 0.0639. The molecule has 1 aliphatic heterocycles. The maximum atomic E-state index is 10.3. The van der Waals surface area contributed by atoms with Crippen molar-refractivity contribution in [2.24, 2.45) is 5.73 Å². The van der Waals surface area contributed by atoms with Crippen LogP contribution in [0.25, 0.3) is 0 Å². The van der Waals surface area contributed by atoms with E-state index in [-0.39, 0.29) is 6.23 Å². The van der Waals surface area contributed by atoms with Crippen LogP contribution in [0.2, 0.25) is 0 Å². The van der Waals surface area contributed by atoms with Crippen molar-refractivity contribution >= 4 is 13.3 Å². The minimum atomic E-state index is -1.04. The first-order valence-corrected chi connectivity index (χ1v) is 22.5. The second-order valence-corrected chi connectivity index (χ2v) is 18.9. The molecule has 1 aliphatic rings. The van der Waals surface area contributed by atoms with Gasteiger partial charge in [0.1, 0.15) is 6.23 Å². The Labute approximate surface area is 271 Å². The summed E-state index contributed by atoms with van der Waals surface area (Å²) in [7, 11) is -1.04. The molecule has 0 bridgehead atoms. The van der Waals surface area contributed by atoms with Crippen LogP contribution in [0.4, 0.5) is 4.79 Å². The van der Waals surface area contributed by atoms with Crippen LogP contribution in [-0.2, 0) is 4.74 Å². The standard InChI is InChI=1S/C32H69P.C6H12N2O2/c1-5-9-13-17-18-19-20-21-22-23-24-28-32-33(29-25-14-10-6-2,30-26-15-11-7-3)31-27-16-12-8-4;7-6(9)8-5-3-1-2-4-10-5/h33H,5-32H2,1-4H3;5H,1-4H2,(H3,7,8,9). The number of amides is 2. The summed E-state index contributed by atoms with van der Waals surface area (Å²) in [4.78, 5) is 10.3. The van der Waals surface area contributed by atoms with E-state index in [1.165, 1.54) is 128 Å². The van der Waals surface area contributed by atoms with Crippen LogP contribution in [0.5, 0.6) is 0 Å². The van der Waals surface area contributed by atoms with Crippen LogP contribution in [0.1, 0.15) is 201 Å². The van der Waals surface area contributed by atoms with E-state index in [0.29, 0.717) is 0 Å². The van der Waals surface area contributed by atoms with Crippen molar-refractivity contribution in [1.29, 1.82) is 0 Å². The van der Waals surface area contributed by atoms with Gasteiger partial charge in [0.2, 0.25) is 0 Å². The van der Waals surface area contributed by atoms with Gasteiger partial charge in [-0.05, 0) is 19.3 Å². The third-order valence-electron chi connectivity index (χ3n) is 9.73. The number of primary amides is 1. The molecule has 1 fully saturated rings. The molecule has 1 rings (SSSR count). The van der Waals surface area contributed by atoms with E-state index in [9.17, 15) is 4.79 Å². The molecule has 0 aromatic rings. The van der Waals surface area contributed by atoms with Crippen molar-refractivity contribution in [2.75, 3.05) is 31.3 Å². The van der Waals surface area contributed by atoms with Crippen molar-refractivity contribution in [3.05, 3.63) is 0 Å². The van der Waals surface area contributed by atoms with Crippen molar-refractivity contribution < 1.29 is 9.53 Å². The first kappa shape index (κ1) is 42.7. The summed E-state index contributed by atoms with van der Waals surface area (Å²) in [5, 5.41) is 2.50. The third kappa shape index (κ3) is 28.8. The Morgan fingerprint density at radius 3 is 1.19 bits per heavy atom. The molecular formula is C38H81N2O2P. The largest absolute Gasteiger partial charge is 0.358 e. The van der Waals surface area contributed by atoms with Crippen molar-refractivity contribution in [2.45, 2.75) is 207 Å². The molecular weight excluding hydrogens is 547 g/mol. The molecule has 5 heteroatoms. The van der Waals surface area contributed by atoms with Crippen LogP contribution >= 0.6 is 7.26 Å². The van der Waals surface area contributed by atoms with Crippen LogP contribution in [-0.4, -0.2) is 43.5 Å². The minimum Gasteiger partial charge on any atom is -0.358 e. The normalized spacial score (nSPS) is 15.6. The Kier molecular flexibility index (Phi) is 32.8. The molecule has 2 amide bonds. The summed E-state index contributed by atoms with van der Waals surface area (Å²) in [5.74, 6) is 0. The molecule has 1 heterocycles. The molecule has 0 radical (unpaired) electrons. The summed E-state index contributed by atoms with van der Waals surface area (Å²) in [5.41, 5.74) is 4.89. The molecule has 0 spiro atoms. The summed E-state index contributed by atoms with van der Waals surface area (Å²) in [6.45, 7) is 10.1. The van der Waals surface area contributed by atoms with E-state index >= 15 is 0 Å². The fourth-order valence-corrected chi connectivity index (χ4v) is 12.4. The van der Waals surface area contributed by atoms with Gasteiger partial charge in [-0.2, -0.15) is 0 Å². The molecule has 4 nitrogen and oxygen atoms in total. The number of urea groups is 1. The van der Waals surface area contributed by atoms with Crippen LogP contribution in [0.3, 0.4) is 0 Å². The molecule has 43 heavy (non-hydrogen) atoms. The monoisotopic (exact) mass is 629 g/mol. The Bertz CT molecular complexity index is 537. The minimum absolute atomic E-state index is 0.147. The number of unbranched alkanes of at least 4 members (excludes halogenated alkanes) is 20. The SMILES string of the molecule is CCCCCCCCCCCCCC[PH](CCCCCC)(CCCCCC)CCCCCC.NC(=O)NC1CCCCO1. The number of nitrogens with one attached hydrogen (secondary N) is 1. The summed E-state index contributed by atoms with van der Waals surface area (Å²) >= 11 is 0. The maximum Gasteiger partial charge on any atom is 0.314 e. The Balaban J connectivity index is 0.00000147. The average molecular weight is 629 g/mol. The van der Waals surface area contributed by atoms with Gasteiger partial charge in [0.25, 0.3) is 0 Å². The Morgan fingerprint density at radius 2 is 0.884 bits per heavy atom. The fourth-order valence-electron chi connectivity index (χ4n) is 6.88. The molecule has 0 aliphatic carbocycles. The number of carbonyl (C=O) groups is 1. The van der Waals surface area contributed by atoms with E-state index in [1.54, 1.807) is 50.3 Å². The van der Waals surface area contributed by atoms with Crippen molar-refractivity contribution in [3.8, 4) is 0 Å². The number of carbonyl (C=O) groups excluding carboxylic acids is 1. The zero-order valence-corrected chi connectivity index (χ0v) is 31.1. The smallest absolute Gasteiger partial charge is 0.314 e. The van der Waals surface area contributed by atoms with Gasteiger partial charge >= 0.3 is 206 Å². The zero-order chi connectivity index (χ0) is 31.7. The van der Waals surface area contributed by atoms with Crippen LogP contribution in [0.15, 0.2) is 0 Å². The fraction of sp³-hybridized carbons (Fsp3) is 0.974. The van der Waals surface area contributed by atoms with Crippen LogP contribution < -0.4 is 11.1 Å². The van der Waals surface area contributed by atoms with Gasteiger partial charge in [0, 0.05) is 6.61 Å². The number of rotatable bonds is 29. The van der Waals surface area contributed by atoms with E-state index in [2.05, 4.69) is 33.0 Å².